The van der Waals surface area contributed by atoms with Crippen LogP contribution >= 0.6 is 0 Å². The van der Waals surface area contributed by atoms with Gasteiger partial charge in [0, 0.05) is 47.9 Å². The molecular formula is C43H54O15. The van der Waals surface area contributed by atoms with Gasteiger partial charge in [-0.1, -0.05) is 64.2 Å². The molecule has 3 aromatic rings. The number of hydrogen-bond acceptors (Lipinski definition) is 14. The maximum Gasteiger partial charge on any atom is 0.338 e. The summed E-state index contributed by atoms with van der Waals surface area (Å²) in [7, 11) is 0. The number of carboxylic acids is 1. The number of benzene rings is 3. The van der Waals surface area contributed by atoms with E-state index in [4.69, 9.17) is 28.8 Å². The van der Waals surface area contributed by atoms with Crippen LogP contribution in [-0.4, -0.2) is 78.1 Å². The van der Waals surface area contributed by atoms with Gasteiger partial charge in [-0.15, -0.1) is 0 Å². The fourth-order valence-electron chi connectivity index (χ4n) is 7.93. The smallest absolute Gasteiger partial charge is 0.338 e. The number of fused-ring (bicyclic) bond motifs is 6. The van der Waals surface area contributed by atoms with Crippen molar-refractivity contribution < 1.29 is 74.1 Å². The summed E-state index contributed by atoms with van der Waals surface area (Å²) in [6.07, 6.45) is 11.0. The van der Waals surface area contributed by atoms with Gasteiger partial charge in [0.1, 0.15) is 23.4 Å². The fraction of sp³-hybridized carbons (Fsp3) is 0.535. The minimum atomic E-state index is -1.17. The summed E-state index contributed by atoms with van der Waals surface area (Å²) in [6, 6.07) is 4.20. The molecule has 3 heterocycles. The third kappa shape index (κ3) is 10.2. The average Bonchev–Trinajstić information content (AvgIpc) is 3.19. The van der Waals surface area contributed by atoms with Crippen LogP contribution in [0.2, 0.25) is 0 Å². The van der Waals surface area contributed by atoms with E-state index in [0.717, 1.165) is 62.6 Å². The van der Waals surface area contributed by atoms with Crippen LogP contribution in [0.1, 0.15) is 135 Å². The van der Waals surface area contributed by atoms with E-state index in [1.165, 1.54) is 44.2 Å². The van der Waals surface area contributed by atoms with Crippen molar-refractivity contribution in [2.45, 2.75) is 140 Å². The zero-order valence-corrected chi connectivity index (χ0v) is 32.5. The third-order valence-electron chi connectivity index (χ3n) is 11.0. The number of carboxylic acid groups (broad SMARTS) is 1. The summed E-state index contributed by atoms with van der Waals surface area (Å²) in [5.74, 6) is -4.83. The van der Waals surface area contributed by atoms with E-state index in [-0.39, 0.29) is 24.0 Å². The minimum absolute atomic E-state index is 0.0252. The summed E-state index contributed by atoms with van der Waals surface area (Å²) >= 11 is 0. The first-order valence-electron chi connectivity index (χ1n) is 20.3. The molecule has 0 aromatic heterocycles. The summed E-state index contributed by atoms with van der Waals surface area (Å²) < 4.78 is 31.1. The van der Waals surface area contributed by atoms with Crippen molar-refractivity contribution in [2.24, 2.45) is 0 Å². The predicted molar refractivity (Wildman–Crippen MR) is 207 cm³/mol. The first-order valence-corrected chi connectivity index (χ1v) is 20.3. The van der Waals surface area contributed by atoms with E-state index in [9.17, 15) is 45.3 Å². The Morgan fingerprint density at radius 2 is 1.12 bits per heavy atom. The summed E-state index contributed by atoms with van der Waals surface area (Å²) in [5.41, 5.74) is 1.81. The zero-order chi connectivity index (χ0) is 41.3. The molecule has 0 radical (unpaired) electrons. The molecule has 0 saturated heterocycles. The standard InChI is InChI=1S/C43H54O15/c44-29-19-24(20-30(45)37(29)51)39-33(55-43(53)25-21-31(46)38(52)32(47)22-25)23-28-41-26(14-16-35(50)56-41)40-27(42(28)58-39)15-17-36(57-40)54-18-12-10-8-6-4-2-1-3-5-7-9-11-13-34(48)49/h19-22,33,35-36,39,44-47,50-52H,1-18,23H2,(H,48,49)/t33-,35?,36?,39-/m1/s1. The van der Waals surface area contributed by atoms with Gasteiger partial charge in [-0.2, -0.15) is 0 Å². The maximum atomic E-state index is 13.4. The number of aromatic hydroxyl groups is 6. The Morgan fingerprint density at radius 1 is 0.621 bits per heavy atom. The molecule has 0 aliphatic carbocycles. The Labute approximate surface area is 336 Å². The van der Waals surface area contributed by atoms with E-state index < -0.39 is 71.2 Å². The Balaban J connectivity index is 1.10. The molecule has 0 saturated carbocycles. The number of phenols is 6. The number of ether oxygens (including phenoxy) is 5. The van der Waals surface area contributed by atoms with E-state index in [1.54, 1.807) is 0 Å². The van der Waals surface area contributed by atoms with E-state index in [0.29, 0.717) is 60.7 Å². The van der Waals surface area contributed by atoms with Crippen molar-refractivity contribution in [3.63, 3.8) is 0 Å². The lowest BCUT2D eigenvalue weighted by Crippen LogP contribution is -2.37. The number of carbonyl (C=O) groups is 2. The van der Waals surface area contributed by atoms with Gasteiger partial charge in [0.25, 0.3) is 0 Å². The van der Waals surface area contributed by atoms with Crippen LogP contribution in [0, 0.1) is 0 Å². The molecular weight excluding hydrogens is 756 g/mol. The van der Waals surface area contributed by atoms with Crippen LogP contribution in [0.15, 0.2) is 24.3 Å². The normalized spacial score (nSPS) is 19.5. The monoisotopic (exact) mass is 810 g/mol. The quantitative estimate of drug-likeness (QED) is 0.0337. The molecule has 0 spiro atoms. The van der Waals surface area contributed by atoms with Gasteiger partial charge in [-0.05, 0) is 49.9 Å². The number of unbranched alkanes of at least 4 members (excludes halogenated alkanes) is 11. The van der Waals surface area contributed by atoms with Gasteiger partial charge < -0.3 is 64.5 Å². The molecule has 0 fully saturated rings. The molecule has 4 atom stereocenters. The Hall–Kier alpha value is -5.28. The molecule has 2 unspecified atom stereocenters. The van der Waals surface area contributed by atoms with E-state index in [1.807, 2.05) is 0 Å². The van der Waals surface area contributed by atoms with Crippen molar-refractivity contribution in [3.05, 3.63) is 52.1 Å². The van der Waals surface area contributed by atoms with Gasteiger partial charge in [-0.3, -0.25) is 4.79 Å². The fourth-order valence-corrected chi connectivity index (χ4v) is 7.93. The zero-order valence-electron chi connectivity index (χ0n) is 32.5. The molecule has 3 aliphatic heterocycles. The number of hydrogen-bond donors (Lipinski definition) is 8. The second-order valence-electron chi connectivity index (χ2n) is 15.3. The van der Waals surface area contributed by atoms with Crippen molar-refractivity contribution in [3.8, 4) is 51.7 Å². The number of esters is 1. The highest BCUT2D eigenvalue weighted by molar-refractivity contribution is 5.91. The molecule has 3 aromatic carbocycles. The number of phenolic OH excluding ortho intramolecular Hbond substituents is 6. The Kier molecular flexibility index (Phi) is 14.2. The molecule has 8 N–H and O–H groups in total. The summed E-state index contributed by atoms with van der Waals surface area (Å²) in [5, 5.41) is 80.1. The molecule has 0 bridgehead atoms. The number of rotatable bonds is 19. The lowest BCUT2D eigenvalue weighted by Gasteiger charge is -2.40. The maximum absolute atomic E-state index is 13.4. The Morgan fingerprint density at radius 3 is 1.71 bits per heavy atom. The third-order valence-corrected chi connectivity index (χ3v) is 11.0. The first-order chi connectivity index (χ1) is 27.9. The number of aliphatic carboxylic acids is 1. The largest absolute Gasteiger partial charge is 0.504 e. The number of aliphatic hydroxyl groups is 1. The predicted octanol–water partition coefficient (Wildman–Crippen LogP) is 7.29. The minimum Gasteiger partial charge on any atom is -0.504 e. The highest BCUT2D eigenvalue weighted by Gasteiger charge is 2.43. The first kappa shape index (κ1) is 42.3. The van der Waals surface area contributed by atoms with Crippen LogP contribution in [0.3, 0.4) is 0 Å². The molecule has 0 amide bonds. The van der Waals surface area contributed by atoms with Gasteiger partial charge in [0.05, 0.1) is 12.2 Å². The lowest BCUT2D eigenvalue weighted by atomic mass is 9.86. The van der Waals surface area contributed by atoms with Crippen molar-refractivity contribution in [1.29, 1.82) is 0 Å². The molecule has 6 rings (SSSR count). The summed E-state index contributed by atoms with van der Waals surface area (Å²) in [6.45, 7) is 0.528. The molecule has 3 aliphatic rings. The van der Waals surface area contributed by atoms with Gasteiger partial charge in [-0.25, -0.2) is 4.79 Å². The SMILES string of the molecule is O=C(O)CCCCCCCCCCCCCCOC1CCc2c(c3c(c4c2O[C@H](c2cc(O)c(O)c(O)c2)[C@H](OC(=O)c2cc(O)c(O)c(O)c2)C4)OC(O)CC3)O1. The molecule has 15 nitrogen and oxygen atoms in total. The van der Waals surface area contributed by atoms with Crippen LogP contribution in [0.25, 0.3) is 0 Å². The highest BCUT2D eigenvalue weighted by Crippen LogP contribution is 2.54. The van der Waals surface area contributed by atoms with Crippen molar-refractivity contribution in [1.82, 2.24) is 0 Å². The van der Waals surface area contributed by atoms with Crippen LogP contribution in [0.4, 0.5) is 0 Å². The molecule has 15 heteroatoms. The van der Waals surface area contributed by atoms with Crippen LogP contribution < -0.4 is 14.2 Å². The van der Waals surface area contributed by atoms with Gasteiger partial charge in [0.2, 0.25) is 0 Å². The summed E-state index contributed by atoms with van der Waals surface area (Å²) in [4.78, 5) is 24.0. The molecule has 316 valence electrons. The van der Waals surface area contributed by atoms with Crippen LogP contribution in [-0.2, 0) is 33.5 Å². The van der Waals surface area contributed by atoms with Gasteiger partial charge >= 0.3 is 11.9 Å². The topological polar surface area (TPSA) is 242 Å². The average molecular weight is 811 g/mol. The molecule has 58 heavy (non-hydrogen) atoms. The van der Waals surface area contributed by atoms with Crippen molar-refractivity contribution >= 4 is 11.9 Å². The van der Waals surface area contributed by atoms with Crippen LogP contribution in [0.5, 0.6) is 51.7 Å². The lowest BCUT2D eigenvalue weighted by molar-refractivity contribution is -0.137. The van der Waals surface area contributed by atoms with E-state index >= 15 is 0 Å². The second kappa shape index (κ2) is 19.4. The number of aliphatic hydroxyl groups excluding tert-OH is 1. The Bertz CT molecular complexity index is 1880. The number of carbonyl (C=O) groups excluding carboxylic acids is 1. The second-order valence-corrected chi connectivity index (χ2v) is 15.3. The van der Waals surface area contributed by atoms with E-state index in [2.05, 4.69) is 0 Å². The van der Waals surface area contributed by atoms with Gasteiger partial charge in [0.15, 0.2) is 53.2 Å². The van der Waals surface area contributed by atoms with Crippen molar-refractivity contribution in [2.75, 3.05) is 6.61 Å². The highest BCUT2D eigenvalue weighted by atomic mass is 16.7.